The average molecular weight is 442 g/mol. The van der Waals surface area contributed by atoms with E-state index in [4.69, 9.17) is 0 Å². The number of hydrogen-bond acceptors (Lipinski definition) is 4. The van der Waals surface area contributed by atoms with Gasteiger partial charge in [0.15, 0.2) is 5.96 Å². The van der Waals surface area contributed by atoms with Crippen molar-refractivity contribution in [2.45, 2.75) is 44.5 Å². The van der Waals surface area contributed by atoms with Crippen LogP contribution in [0.1, 0.15) is 39.0 Å². The molecule has 0 aromatic heterocycles. The molecule has 0 amide bonds. The lowest BCUT2D eigenvalue weighted by Crippen LogP contribution is -2.47. The fourth-order valence-electron chi connectivity index (χ4n) is 3.88. The zero-order valence-corrected chi connectivity index (χ0v) is 18.2. The standard InChI is InChI=1S/C18H34F3N5O2S/c1-15(14-25-8-4-3-5-9-25)12-23-17(22-2)24-13-16-6-10-26(11-7-16)29(27,28)18(19,20)21/h15-16H,3-14H2,1-2H3,(H2,22,23,24). The van der Waals surface area contributed by atoms with Crippen molar-refractivity contribution in [1.82, 2.24) is 19.8 Å². The molecule has 0 bridgehead atoms. The summed E-state index contributed by atoms with van der Waals surface area (Å²) in [6.07, 6.45) is 4.65. The molecule has 170 valence electrons. The maximum atomic E-state index is 12.6. The highest BCUT2D eigenvalue weighted by Crippen LogP contribution is 2.30. The van der Waals surface area contributed by atoms with E-state index in [1.807, 2.05) is 0 Å². The van der Waals surface area contributed by atoms with E-state index in [-0.39, 0.29) is 19.0 Å². The van der Waals surface area contributed by atoms with Gasteiger partial charge in [0.25, 0.3) is 0 Å². The molecule has 2 N–H and O–H groups in total. The molecule has 2 aliphatic rings. The molecule has 2 heterocycles. The monoisotopic (exact) mass is 441 g/mol. The molecule has 7 nitrogen and oxygen atoms in total. The molecule has 2 saturated heterocycles. The van der Waals surface area contributed by atoms with E-state index in [0.717, 1.165) is 13.1 Å². The molecule has 2 rings (SSSR count). The summed E-state index contributed by atoms with van der Waals surface area (Å²) in [5.41, 5.74) is -5.23. The first-order valence-electron chi connectivity index (χ1n) is 10.4. The summed E-state index contributed by atoms with van der Waals surface area (Å²) in [6, 6.07) is 0. The van der Waals surface area contributed by atoms with Crippen LogP contribution in [0, 0.1) is 11.8 Å². The number of nitrogens with one attached hydrogen (secondary N) is 2. The molecule has 0 saturated carbocycles. The topological polar surface area (TPSA) is 77.0 Å². The number of guanidine groups is 1. The summed E-state index contributed by atoms with van der Waals surface area (Å²) < 4.78 is 61.4. The minimum atomic E-state index is -5.23. The van der Waals surface area contributed by atoms with Crippen molar-refractivity contribution >= 4 is 16.0 Å². The predicted octanol–water partition coefficient (Wildman–Crippen LogP) is 1.83. The van der Waals surface area contributed by atoms with E-state index in [9.17, 15) is 21.6 Å². The molecule has 0 aliphatic carbocycles. The van der Waals surface area contributed by atoms with Gasteiger partial charge in [0.05, 0.1) is 0 Å². The Morgan fingerprint density at radius 3 is 2.28 bits per heavy atom. The molecule has 2 fully saturated rings. The summed E-state index contributed by atoms with van der Waals surface area (Å²) in [6.45, 7) is 6.72. The molecule has 2 aliphatic heterocycles. The fourth-order valence-corrected chi connectivity index (χ4v) is 4.86. The number of halogens is 3. The largest absolute Gasteiger partial charge is 0.511 e. The molecule has 1 atom stereocenters. The van der Waals surface area contributed by atoms with E-state index < -0.39 is 15.5 Å². The normalized spacial score (nSPS) is 22.4. The molecular formula is C18H34F3N5O2S. The van der Waals surface area contributed by atoms with Crippen molar-refractivity contribution in [3.63, 3.8) is 0 Å². The van der Waals surface area contributed by atoms with Gasteiger partial charge in [0.1, 0.15) is 0 Å². The first kappa shape index (κ1) is 24.2. The number of nitrogens with zero attached hydrogens (tertiary/aromatic N) is 3. The Morgan fingerprint density at radius 2 is 1.72 bits per heavy atom. The third-order valence-corrected chi connectivity index (χ3v) is 7.25. The first-order valence-corrected chi connectivity index (χ1v) is 11.8. The third-order valence-electron chi connectivity index (χ3n) is 5.62. The molecule has 0 aromatic rings. The van der Waals surface area contributed by atoms with E-state index >= 15 is 0 Å². The first-order chi connectivity index (χ1) is 13.6. The van der Waals surface area contributed by atoms with Crippen molar-refractivity contribution in [3.8, 4) is 0 Å². The van der Waals surface area contributed by atoms with Crippen LogP contribution in [0.25, 0.3) is 0 Å². The van der Waals surface area contributed by atoms with Crippen LogP contribution in [-0.2, 0) is 10.0 Å². The van der Waals surface area contributed by atoms with Crippen LogP contribution in [0.5, 0.6) is 0 Å². The van der Waals surface area contributed by atoms with E-state index in [1.165, 1.54) is 32.4 Å². The highest BCUT2D eigenvalue weighted by atomic mass is 32.2. The second-order valence-electron chi connectivity index (χ2n) is 8.09. The smallest absolute Gasteiger partial charge is 0.356 e. The number of piperidine rings is 2. The summed E-state index contributed by atoms with van der Waals surface area (Å²) in [7, 11) is -3.53. The van der Waals surface area contributed by atoms with Crippen LogP contribution in [0.15, 0.2) is 4.99 Å². The van der Waals surface area contributed by atoms with Gasteiger partial charge in [-0.2, -0.15) is 17.5 Å². The summed E-state index contributed by atoms with van der Waals surface area (Å²) in [4.78, 5) is 6.70. The van der Waals surface area contributed by atoms with Gasteiger partial charge in [-0.05, 0) is 50.6 Å². The Morgan fingerprint density at radius 1 is 1.10 bits per heavy atom. The van der Waals surface area contributed by atoms with Crippen LogP contribution in [-0.4, -0.2) is 82.0 Å². The quantitative estimate of drug-likeness (QED) is 0.466. The number of hydrogen-bond donors (Lipinski definition) is 2. The zero-order chi connectivity index (χ0) is 21.5. The maximum Gasteiger partial charge on any atom is 0.511 e. The van der Waals surface area contributed by atoms with E-state index in [2.05, 4.69) is 27.4 Å². The molecule has 0 aromatic carbocycles. The Balaban J connectivity index is 1.68. The van der Waals surface area contributed by atoms with Gasteiger partial charge in [0.2, 0.25) is 0 Å². The highest BCUT2D eigenvalue weighted by Gasteiger charge is 2.50. The van der Waals surface area contributed by atoms with Gasteiger partial charge in [-0.3, -0.25) is 4.99 Å². The van der Waals surface area contributed by atoms with Gasteiger partial charge >= 0.3 is 15.5 Å². The Kier molecular flexibility index (Phi) is 9.02. The van der Waals surface area contributed by atoms with Crippen LogP contribution in [0.4, 0.5) is 13.2 Å². The van der Waals surface area contributed by atoms with Gasteiger partial charge in [-0.25, -0.2) is 8.42 Å². The molecule has 11 heteroatoms. The van der Waals surface area contributed by atoms with Crippen molar-refractivity contribution < 1.29 is 21.6 Å². The summed E-state index contributed by atoms with van der Waals surface area (Å²) in [5, 5.41) is 6.53. The molecular weight excluding hydrogens is 407 g/mol. The molecule has 0 spiro atoms. The van der Waals surface area contributed by atoms with Crippen molar-refractivity contribution in [2.75, 3.05) is 52.9 Å². The van der Waals surface area contributed by atoms with Gasteiger partial charge < -0.3 is 15.5 Å². The Bertz CT molecular complexity index is 628. The lowest BCUT2D eigenvalue weighted by molar-refractivity contribution is -0.0496. The molecule has 0 radical (unpaired) electrons. The zero-order valence-electron chi connectivity index (χ0n) is 17.3. The lowest BCUT2D eigenvalue weighted by atomic mass is 9.98. The average Bonchev–Trinajstić information content (AvgIpc) is 2.68. The van der Waals surface area contributed by atoms with Crippen LogP contribution in [0.2, 0.25) is 0 Å². The van der Waals surface area contributed by atoms with Gasteiger partial charge in [-0.1, -0.05) is 13.3 Å². The molecule has 29 heavy (non-hydrogen) atoms. The Labute approximate surface area is 172 Å². The lowest BCUT2D eigenvalue weighted by Gasteiger charge is -2.32. The summed E-state index contributed by atoms with van der Waals surface area (Å²) >= 11 is 0. The second kappa shape index (κ2) is 10.8. The van der Waals surface area contributed by atoms with Crippen molar-refractivity contribution in [2.24, 2.45) is 16.8 Å². The number of alkyl halides is 3. The van der Waals surface area contributed by atoms with Gasteiger partial charge in [0, 0.05) is 39.8 Å². The van der Waals surface area contributed by atoms with E-state index in [1.54, 1.807) is 7.05 Å². The molecule has 1 unspecified atom stereocenters. The van der Waals surface area contributed by atoms with Gasteiger partial charge in [-0.15, -0.1) is 0 Å². The van der Waals surface area contributed by atoms with Crippen molar-refractivity contribution in [3.05, 3.63) is 0 Å². The highest BCUT2D eigenvalue weighted by molar-refractivity contribution is 7.90. The number of aliphatic imine (C=N–C) groups is 1. The van der Waals surface area contributed by atoms with Crippen LogP contribution in [0.3, 0.4) is 0 Å². The predicted molar refractivity (Wildman–Crippen MR) is 108 cm³/mol. The SMILES string of the molecule is CN=C(NCC(C)CN1CCCCC1)NCC1CCN(S(=O)(=O)C(F)(F)F)CC1. The fraction of sp³-hybridized carbons (Fsp3) is 0.944. The number of likely N-dealkylation sites (tertiary alicyclic amines) is 1. The van der Waals surface area contributed by atoms with Crippen LogP contribution >= 0.6 is 0 Å². The van der Waals surface area contributed by atoms with Crippen molar-refractivity contribution in [1.29, 1.82) is 0 Å². The summed E-state index contributed by atoms with van der Waals surface area (Å²) in [5.74, 6) is 1.25. The minimum Gasteiger partial charge on any atom is -0.356 e. The van der Waals surface area contributed by atoms with E-state index in [0.29, 0.717) is 35.6 Å². The minimum absolute atomic E-state index is 0.104. The maximum absolute atomic E-state index is 12.6. The second-order valence-corrected chi connectivity index (χ2v) is 10.0. The number of sulfonamides is 1. The Hall–Kier alpha value is -1.07. The number of rotatable bonds is 7. The van der Waals surface area contributed by atoms with Crippen LogP contribution < -0.4 is 10.6 Å². The third kappa shape index (κ3) is 7.29.